The predicted octanol–water partition coefficient (Wildman–Crippen LogP) is 1.38. The monoisotopic (exact) mass is 379 g/mol. The van der Waals surface area contributed by atoms with Crippen LogP contribution >= 0.6 is 33.9 Å². The molecule has 1 fully saturated rings. The summed E-state index contributed by atoms with van der Waals surface area (Å²) in [4.78, 5) is 14.2. The number of piperazine rings is 1. The van der Waals surface area contributed by atoms with Gasteiger partial charge < -0.3 is 15.5 Å². The Morgan fingerprint density at radius 3 is 2.94 bits per heavy atom. The number of hydrogen-bond donors (Lipinski definition) is 2. The molecule has 0 aliphatic carbocycles. The van der Waals surface area contributed by atoms with E-state index >= 15 is 0 Å². The first kappa shape index (κ1) is 14.2. The quantitative estimate of drug-likeness (QED) is 0.600. The maximum absolute atomic E-state index is 11.8. The molecule has 2 heterocycles. The highest BCUT2D eigenvalue weighted by Crippen LogP contribution is 2.16. The van der Waals surface area contributed by atoms with E-state index in [1.807, 2.05) is 11.4 Å². The fraction of sp³-hybridized carbons (Fsp3) is 0.583. The Morgan fingerprint density at radius 2 is 2.28 bits per heavy atom. The number of halogens is 1. The van der Waals surface area contributed by atoms with Crippen LogP contribution in [0.3, 0.4) is 0 Å². The molecule has 1 aromatic rings. The number of thiophene rings is 1. The van der Waals surface area contributed by atoms with Gasteiger partial charge in [0, 0.05) is 38.1 Å². The summed E-state index contributed by atoms with van der Waals surface area (Å²) >= 11 is 3.84. The van der Waals surface area contributed by atoms with Crippen LogP contribution in [0.4, 0.5) is 0 Å². The van der Waals surface area contributed by atoms with Crippen molar-refractivity contribution in [2.45, 2.75) is 6.42 Å². The van der Waals surface area contributed by atoms with Gasteiger partial charge in [-0.15, -0.1) is 11.3 Å². The lowest BCUT2D eigenvalue weighted by molar-refractivity contribution is 0.0951. The largest absolute Gasteiger partial charge is 0.352 e. The zero-order valence-corrected chi connectivity index (χ0v) is 13.2. The molecule has 1 saturated heterocycles. The van der Waals surface area contributed by atoms with E-state index in [1.165, 1.54) is 0 Å². The number of hydrogen-bond acceptors (Lipinski definition) is 4. The zero-order chi connectivity index (χ0) is 12.8. The Hall–Kier alpha value is -0.180. The van der Waals surface area contributed by atoms with Crippen LogP contribution in [-0.2, 0) is 0 Å². The molecule has 0 aromatic carbocycles. The van der Waals surface area contributed by atoms with Crippen molar-refractivity contribution >= 4 is 39.8 Å². The van der Waals surface area contributed by atoms with Gasteiger partial charge in [0.1, 0.15) is 0 Å². The van der Waals surface area contributed by atoms with E-state index in [9.17, 15) is 4.79 Å². The van der Waals surface area contributed by atoms with E-state index < -0.39 is 0 Å². The lowest BCUT2D eigenvalue weighted by Gasteiger charge is -2.27. The second kappa shape index (κ2) is 7.42. The highest BCUT2D eigenvalue weighted by molar-refractivity contribution is 14.1. The zero-order valence-electron chi connectivity index (χ0n) is 10.2. The van der Waals surface area contributed by atoms with Crippen molar-refractivity contribution in [1.29, 1.82) is 0 Å². The van der Waals surface area contributed by atoms with Gasteiger partial charge in [-0.05, 0) is 41.6 Å². The molecule has 0 atom stereocenters. The molecular formula is C12H18IN3OS. The van der Waals surface area contributed by atoms with Crippen molar-refractivity contribution < 1.29 is 4.79 Å². The predicted molar refractivity (Wildman–Crippen MR) is 83.3 cm³/mol. The lowest BCUT2D eigenvalue weighted by Crippen LogP contribution is -2.44. The van der Waals surface area contributed by atoms with Gasteiger partial charge in [0.15, 0.2) is 0 Å². The third kappa shape index (κ3) is 4.49. The van der Waals surface area contributed by atoms with E-state index in [0.29, 0.717) is 0 Å². The second-order valence-electron chi connectivity index (χ2n) is 4.34. The van der Waals surface area contributed by atoms with E-state index in [1.54, 1.807) is 11.3 Å². The van der Waals surface area contributed by atoms with Gasteiger partial charge >= 0.3 is 0 Å². The maximum Gasteiger partial charge on any atom is 0.252 e. The number of nitrogens with one attached hydrogen (secondary N) is 2. The molecule has 1 amide bonds. The third-order valence-corrected chi connectivity index (χ3v) is 4.76. The average molecular weight is 379 g/mol. The second-order valence-corrected chi connectivity index (χ2v) is 7.15. The minimum Gasteiger partial charge on any atom is -0.352 e. The third-order valence-electron chi connectivity index (χ3n) is 2.98. The highest BCUT2D eigenvalue weighted by atomic mass is 127. The number of amides is 1. The Balaban J connectivity index is 1.61. The first-order chi connectivity index (χ1) is 8.75. The summed E-state index contributed by atoms with van der Waals surface area (Å²) in [5.74, 6) is 0.0504. The molecule has 0 spiro atoms. The van der Waals surface area contributed by atoms with E-state index in [0.717, 1.165) is 54.1 Å². The van der Waals surface area contributed by atoms with Gasteiger partial charge in [-0.25, -0.2) is 0 Å². The highest BCUT2D eigenvalue weighted by Gasteiger charge is 2.10. The van der Waals surface area contributed by atoms with Crippen molar-refractivity contribution in [3.8, 4) is 0 Å². The number of carbonyl (C=O) groups is 1. The van der Waals surface area contributed by atoms with Crippen molar-refractivity contribution in [3.63, 3.8) is 0 Å². The molecule has 6 heteroatoms. The summed E-state index contributed by atoms with van der Waals surface area (Å²) in [6.45, 7) is 6.24. The first-order valence-electron chi connectivity index (χ1n) is 6.21. The SMILES string of the molecule is O=C(NCCCN1CCNCC1)c1csc(I)c1. The molecule has 18 heavy (non-hydrogen) atoms. The van der Waals surface area contributed by atoms with Gasteiger partial charge in [-0.2, -0.15) is 0 Å². The fourth-order valence-corrected chi connectivity index (χ4v) is 3.30. The molecule has 1 aliphatic rings. The molecule has 100 valence electrons. The van der Waals surface area contributed by atoms with Crippen LogP contribution < -0.4 is 10.6 Å². The topological polar surface area (TPSA) is 44.4 Å². The van der Waals surface area contributed by atoms with E-state index in [-0.39, 0.29) is 5.91 Å². The van der Waals surface area contributed by atoms with Gasteiger partial charge in [0.05, 0.1) is 8.45 Å². The molecule has 2 rings (SSSR count). The number of nitrogens with zero attached hydrogens (tertiary/aromatic N) is 1. The van der Waals surface area contributed by atoms with Crippen LogP contribution in [0.1, 0.15) is 16.8 Å². The number of rotatable bonds is 5. The lowest BCUT2D eigenvalue weighted by atomic mass is 10.3. The summed E-state index contributed by atoms with van der Waals surface area (Å²) < 4.78 is 1.15. The average Bonchev–Trinajstić information content (AvgIpc) is 2.82. The Labute approximate surface area is 125 Å². The van der Waals surface area contributed by atoms with Crippen molar-refractivity contribution in [3.05, 3.63) is 19.9 Å². The van der Waals surface area contributed by atoms with Crippen LogP contribution in [0.2, 0.25) is 0 Å². The Kier molecular flexibility index (Phi) is 5.87. The summed E-state index contributed by atoms with van der Waals surface area (Å²) in [6, 6.07) is 1.93. The molecule has 4 nitrogen and oxygen atoms in total. The maximum atomic E-state index is 11.8. The summed E-state index contributed by atoms with van der Waals surface area (Å²) in [6.07, 6.45) is 1.02. The van der Waals surface area contributed by atoms with E-state index in [2.05, 4.69) is 38.1 Å². The fourth-order valence-electron chi connectivity index (χ4n) is 1.97. The molecule has 1 aromatic heterocycles. The number of carbonyl (C=O) groups excluding carboxylic acids is 1. The normalized spacial score (nSPS) is 16.7. The van der Waals surface area contributed by atoms with Gasteiger partial charge in [0.25, 0.3) is 5.91 Å². The molecule has 0 radical (unpaired) electrons. The Morgan fingerprint density at radius 1 is 1.50 bits per heavy atom. The first-order valence-corrected chi connectivity index (χ1v) is 8.17. The van der Waals surface area contributed by atoms with Crippen molar-refractivity contribution in [2.75, 3.05) is 39.3 Å². The molecule has 0 bridgehead atoms. The summed E-state index contributed by atoms with van der Waals surface area (Å²) in [5, 5.41) is 8.22. The van der Waals surface area contributed by atoms with Crippen molar-refractivity contribution in [1.82, 2.24) is 15.5 Å². The van der Waals surface area contributed by atoms with Crippen molar-refractivity contribution in [2.24, 2.45) is 0 Å². The minimum absolute atomic E-state index is 0.0504. The molecular weight excluding hydrogens is 361 g/mol. The molecule has 0 unspecified atom stereocenters. The van der Waals surface area contributed by atoms with Gasteiger partial charge in [0.2, 0.25) is 0 Å². The van der Waals surface area contributed by atoms with Gasteiger partial charge in [-0.3, -0.25) is 4.79 Å². The minimum atomic E-state index is 0.0504. The van der Waals surface area contributed by atoms with Crippen LogP contribution in [0.25, 0.3) is 0 Å². The standard InChI is InChI=1S/C12H18IN3OS/c13-11-8-10(9-18-11)12(17)15-2-1-5-16-6-3-14-4-7-16/h8-9,14H,1-7H2,(H,15,17). The van der Waals surface area contributed by atoms with Crippen LogP contribution in [0.15, 0.2) is 11.4 Å². The van der Waals surface area contributed by atoms with E-state index in [4.69, 9.17) is 0 Å². The van der Waals surface area contributed by atoms with Crippen LogP contribution in [0, 0.1) is 2.88 Å². The van der Waals surface area contributed by atoms with Crippen LogP contribution in [-0.4, -0.2) is 50.1 Å². The van der Waals surface area contributed by atoms with Crippen LogP contribution in [0.5, 0.6) is 0 Å². The summed E-state index contributed by atoms with van der Waals surface area (Å²) in [7, 11) is 0. The summed E-state index contributed by atoms with van der Waals surface area (Å²) in [5.41, 5.74) is 0.784. The smallest absolute Gasteiger partial charge is 0.252 e. The molecule has 2 N–H and O–H groups in total. The Bertz CT molecular complexity index is 390. The van der Waals surface area contributed by atoms with Gasteiger partial charge in [-0.1, -0.05) is 0 Å². The molecule has 1 aliphatic heterocycles. The molecule has 0 saturated carbocycles.